The van der Waals surface area contributed by atoms with Crippen molar-refractivity contribution in [2.75, 3.05) is 18.0 Å². The highest BCUT2D eigenvalue weighted by molar-refractivity contribution is 5.75. The highest BCUT2D eigenvalue weighted by atomic mass is 16.3. The van der Waals surface area contributed by atoms with Gasteiger partial charge in [-0.1, -0.05) is 18.2 Å². The van der Waals surface area contributed by atoms with Crippen molar-refractivity contribution in [2.45, 2.75) is 32.0 Å². The maximum atomic E-state index is 9.96. The van der Waals surface area contributed by atoms with Crippen molar-refractivity contribution >= 4 is 16.9 Å². The van der Waals surface area contributed by atoms with Gasteiger partial charge in [-0.05, 0) is 31.0 Å². The lowest BCUT2D eigenvalue weighted by Crippen LogP contribution is -2.39. The number of benzene rings is 1. The van der Waals surface area contributed by atoms with E-state index in [0.717, 1.165) is 54.2 Å². The van der Waals surface area contributed by atoms with Gasteiger partial charge < -0.3 is 19.9 Å². The van der Waals surface area contributed by atoms with Crippen molar-refractivity contribution in [3.63, 3.8) is 0 Å². The van der Waals surface area contributed by atoms with Crippen molar-refractivity contribution in [1.82, 2.24) is 19.9 Å². The number of β-amino-alcohol motifs (C(OH)–C–C–N with tert-alkyl or cyclic N) is 1. The Hall–Kier alpha value is -2.44. The van der Waals surface area contributed by atoms with Crippen LogP contribution in [0.2, 0.25) is 0 Å². The number of imidazole rings is 1. The number of aryl methyl sites for hydroxylation is 1. The molecule has 136 valence electrons. The van der Waals surface area contributed by atoms with Gasteiger partial charge in [-0.3, -0.25) is 0 Å². The van der Waals surface area contributed by atoms with Crippen LogP contribution >= 0.6 is 0 Å². The van der Waals surface area contributed by atoms with E-state index in [-0.39, 0.29) is 6.10 Å². The smallest absolute Gasteiger partial charge is 0.133 e. The van der Waals surface area contributed by atoms with Crippen LogP contribution in [0.15, 0.2) is 42.6 Å². The predicted octanol–water partition coefficient (Wildman–Crippen LogP) is 2.22. The van der Waals surface area contributed by atoms with Gasteiger partial charge >= 0.3 is 0 Å². The molecule has 3 heterocycles. The largest absolute Gasteiger partial charge is 0.391 e. The maximum absolute atomic E-state index is 9.96. The van der Waals surface area contributed by atoms with E-state index in [2.05, 4.69) is 38.9 Å². The van der Waals surface area contributed by atoms with Crippen molar-refractivity contribution in [1.29, 1.82) is 0 Å². The lowest BCUT2D eigenvalue weighted by Gasteiger charge is -2.32. The summed E-state index contributed by atoms with van der Waals surface area (Å²) in [4.78, 5) is 11.5. The Balaban J connectivity index is 1.45. The Bertz CT molecular complexity index is 891. The van der Waals surface area contributed by atoms with E-state index in [1.165, 1.54) is 0 Å². The fraction of sp³-hybridized carbons (Fsp3) is 0.400. The van der Waals surface area contributed by atoms with Crippen LogP contribution in [0.25, 0.3) is 11.0 Å². The van der Waals surface area contributed by atoms with Gasteiger partial charge in [0.05, 0.1) is 23.7 Å². The number of anilines is 1. The molecule has 1 aliphatic rings. The quantitative estimate of drug-likeness (QED) is 0.738. The molecule has 1 fully saturated rings. The van der Waals surface area contributed by atoms with E-state index < -0.39 is 0 Å². The first-order chi connectivity index (χ1) is 12.7. The van der Waals surface area contributed by atoms with Crippen LogP contribution in [0.5, 0.6) is 0 Å². The summed E-state index contributed by atoms with van der Waals surface area (Å²) >= 11 is 0. The van der Waals surface area contributed by atoms with Gasteiger partial charge in [0.25, 0.3) is 0 Å². The van der Waals surface area contributed by atoms with Gasteiger partial charge in [-0.25, -0.2) is 9.97 Å². The number of para-hydroxylation sites is 2. The number of aliphatic hydroxyl groups is 1. The van der Waals surface area contributed by atoms with Gasteiger partial charge in [0.2, 0.25) is 0 Å². The standard InChI is InChI=1S/C20H25N5O/c1-24-18-9-3-2-8-17(18)23-19(24)13-21-12-15-6-4-10-22-20(15)25-11-5-7-16(26)14-25/h2-4,6,8-10,16,21,26H,5,7,11-14H2,1H3. The number of aliphatic hydroxyl groups excluding tert-OH is 1. The minimum absolute atomic E-state index is 0.258. The molecular weight excluding hydrogens is 326 g/mol. The summed E-state index contributed by atoms with van der Waals surface area (Å²) in [5.41, 5.74) is 3.32. The van der Waals surface area contributed by atoms with Crippen LogP contribution in [0.4, 0.5) is 5.82 Å². The third kappa shape index (κ3) is 3.43. The molecule has 0 aliphatic carbocycles. The molecule has 4 rings (SSSR count). The fourth-order valence-electron chi connectivity index (χ4n) is 3.66. The molecule has 3 aromatic rings. The Morgan fingerprint density at radius 1 is 1.19 bits per heavy atom. The van der Waals surface area contributed by atoms with Crippen LogP contribution < -0.4 is 10.2 Å². The van der Waals surface area contributed by atoms with Gasteiger partial charge in [-0.15, -0.1) is 0 Å². The van der Waals surface area contributed by atoms with Crippen molar-refractivity contribution in [2.24, 2.45) is 7.05 Å². The van der Waals surface area contributed by atoms with Crippen LogP contribution in [0, 0.1) is 0 Å². The molecular formula is C20H25N5O. The number of nitrogens with zero attached hydrogens (tertiary/aromatic N) is 4. The first kappa shape index (κ1) is 17.0. The van der Waals surface area contributed by atoms with Crippen LogP contribution in [-0.4, -0.2) is 38.8 Å². The number of hydrogen-bond donors (Lipinski definition) is 2. The molecule has 1 atom stereocenters. The Morgan fingerprint density at radius 3 is 2.92 bits per heavy atom. The van der Waals surface area contributed by atoms with E-state index in [0.29, 0.717) is 13.1 Å². The maximum Gasteiger partial charge on any atom is 0.133 e. The predicted molar refractivity (Wildman–Crippen MR) is 103 cm³/mol. The average molecular weight is 351 g/mol. The molecule has 0 amide bonds. The zero-order valence-electron chi connectivity index (χ0n) is 15.1. The molecule has 2 aromatic heterocycles. The number of fused-ring (bicyclic) bond motifs is 1. The van der Waals surface area contributed by atoms with Crippen LogP contribution in [-0.2, 0) is 20.1 Å². The van der Waals surface area contributed by atoms with Gasteiger partial charge in [0.1, 0.15) is 11.6 Å². The Labute approximate surface area is 153 Å². The van der Waals surface area contributed by atoms with Crippen LogP contribution in [0.3, 0.4) is 0 Å². The highest BCUT2D eigenvalue weighted by Gasteiger charge is 2.20. The molecule has 6 nitrogen and oxygen atoms in total. The van der Waals surface area contributed by atoms with Crippen molar-refractivity contribution in [3.05, 3.63) is 54.0 Å². The van der Waals surface area contributed by atoms with Gasteiger partial charge in [0, 0.05) is 38.4 Å². The number of piperidine rings is 1. The SMILES string of the molecule is Cn1c(CNCc2cccnc2N2CCCC(O)C2)nc2ccccc21. The summed E-state index contributed by atoms with van der Waals surface area (Å²) in [5, 5.41) is 13.5. The summed E-state index contributed by atoms with van der Waals surface area (Å²) in [6, 6.07) is 12.3. The molecule has 0 saturated carbocycles. The molecule has 0 spiro atoms. The number of nitrogens with one attached hydrogen (secondary N) is 1. The van der Waals surface area contributed by atoms with E-state index in [4.69, 9.17) is 4.98 Å². The van der Waals surface area contributed by atoms with E-state index >= 15 is 0 Å². The number of pyridine rings is 1. The first-order valence-electron chi connectivity index (χ1n) is 9.20. The minimum atomic E-state index is -0.258. The summed E-state index contributed by atoms with van der Waals surface area (Å²) in [5.74, 6) is 1.99. The number of rotatable bonds is 5. The molecule has 6 heteroatoms. The second-order valence-electron chi connectivity index (χ2n) is 6.91. The Kier molecular flexibility index (Phi) is 4.86. The van der Waals surface area contributed by atoms with Crippen molar-refractivity contribution in [3.8, 4) is 0 Å². The van der Waals surface area contributed by atoms with Crippen LogP contribution in [0.1, 0.15) is 24.2 Å². The summed E-state index contributed by atoms with van der Waals surface area (Å²) in [7, 11) is 2.05. The third-order valence-corrected chi connectivity index (χ3v) is 5.04. The molecule has 2 N–H and O–H groups in total. The fourth-order valence-corrected chi connectivity index (χ4v) is 3.66. The average Bonchev–Trinajstić information content (AvgIpc) is 2.98. The zero-order chi connectivity index (χ0) is 17.9. The van der Waals surface area contributed by atoms with Crippen molar-refractivity contribution < 1.29 is 5.11 Å². The third-order valence-electron chi connectivity index (χ3n) is 5.04. The lowest BCUT2D eigenvalue weighted by atomic mass is 10.1. The highest BCUT2D eigenvalue weighted by Crippen LogP contribution is 2.22. The minimum Gasteiger partial charge on any atom is -0.391 e. The van der Waals surface area contributed by atoms with Gasteiger partial charge in [-0.2, -0.15) is 0 Å². The number of aromatic nitrogens is 3. The normalized spacial score (nSPS) is 17.8. The molecule has 1 saturated heterocycles. The Morgan fingerprint density at radius 2 is 2.08 bits per heavy atom. The van der Waals surface area contributed by atoms with E-state index in [1.807, 2.05) is 30.5 Å². The lowest BCUT2D eigenvalue weighted by molar-refractivity contribution is 0.154. The molecule has 1 aliphatic heterocycles. The monoisotopic (exact) mass is 351 g/mol. The molecule has 0 bridgehead atoms. The van der Waals surface area contributed by atoms with E-state index in [1.54, 1.807) is 0 Å². The second-order valence-corrected chi connectivity index (χ2v) is 6.91. The molecule has 1 unspecified atom stereocenters. The first-order valence-corrected chi connectivity index (χ1v) is 9.20. The topological polar surface area (TPSA) is 66.2 Å². The molecule has 26 heavy (non-hydrogen) atoms. The van der Waals surface area contributed by atoms with Gasteiger partial charge in [0.15, 0.2) is 0 Å². The summed E-state index contributed by atoms with van der Waals surface area (Å²) in [6.45, 7) is 3.03. The zero-order valence-corrected chi connectivity index (χ0v) is 15.1. The second kappa shape index (κ2) is 7.43. The molecule has 0 radical (unpaired) electrons. The number of hydrogen-bond acceptors (Lipinski definition) is 5. The summed E-state index contributed by atoms with van der Waals surface area (Å²) < 4.78 is 2.13. The van der Waals surface area contributed by atoms with E-state index in [9.17, 15) is 5.11 Å². The summed E-state index contributed by atoms with van der Waals surface area (Å²) in [6.07, 6.45) is 3.45. The molecule has 1 aromatic carbocycles.